The smallest absolute Gasteiger partial charge is 0.114 e. The van der Waals surface area contributed by atoms with Crippen LogP contribution in [0.4, 0.5) is 0 Å². The lowest BCUT2D eigenvalue weighted by atomic mass is 10.1. The van der Waals surface area contributed by atoms with Crippen LogP contribution >= 0.6 is 11.8 Å². The van der Waals surface area contributed by atoms with Crippen LogP contribution < -0.4 is 5.32 Å². The normalized spacial score (nSPS) is 15.4. The lowest BCUT2D eigenvalue weighted by Crippen LogP contribution is -2.45. The number of aliphatic hydroxyl groups is 1. The lowest BCUT2D eigenvalue weighted by Gasteiger charge is -2.25. The first kappa shape index (κ1) is 11.6. The van der Waals surface area contributed by atoms with Crippen LogP contribution in [-0.4, -0.2) is 30.1 Å². The molecule has 0 spiro atoms. The SMILES string of the molecule is CNC(C)(CO)CSc1ccoc1C. The highest BCUT2D eigenvalue weighted by atomic mass is 32.2. The quantitative estimate of drug-likeness (QED) is 0.733. The van der Waals surface area contributed by atoms with Gasteiger partial charge in [-0.2, -0.15) is 0 Å². The third-order valence-corrected chi connectivity index (χ3v) is 3.83. The van der Waals surface area contributed by atoms with Crippen LogP contribution in [0.5, 0.6) is 0 Å². The molecule has 0 aliphatic heterocycles. The van der Waals surface area contributed by atoms with E-state index in [1.165, 1.54) is 0 Å². The van der Waals surface area contributed by atoms with Crippen LogP contribution in [0.1, 0.15) is 12.7 Å². The standard InChI is InChI=1S/C10H17NO2S/c1-8-9(4-5-13-8)14-7-10(2,6-12)11-3/h4-5,11-12H,6-7H2,1-3H3. The van der Waals surface area contributed by atoms with E-state index in [0.29, 0.717) is 0 Å². The van der Waals surface area contributed by atoms with E-state index in [0.717, 1.165) is 16.4 Å². The summed E-state index contributed by atoms with van der Waals surface area (Å²) in [7, 11) is 1.86. The summed E-state index contributed by atoms with van der Waals surface area (Å²) in [6.45, 7) is 4.07. The van der Waals surface area contributed by atoms with Crippen molar-refractivity contribution in [1.82, 2.24) is 5.32 Å². The largest absolute Gasteiger partial charge is 0.468 e. The number of hydrogen-bond donors (Lipinski definition) is 2. The number of likely N-dealkylation sites (N-methyl/N-ethyl adjacent to an activating group) is 1. The number of furan rings is 1. The molecule has 4 heteroatoms. The van der Waals surface area contributed by atoms with E-state index < -0.39 is 0 Å². The van der Waals surface area contributed by atoms with Gasteiger partial charge < -0.3 is 14.8 Å². The van der Waals surface area contributed by atoms with Crippen molar-refractivity contribution in [2.45, 2.75) is 24.3 Å². The van der Waals surface area contributed by atoms with Gasteiger partial charge in [0.25, 0.3) is 0 Å². The summed E-state index contributed by atoms with van der Waals surface area (Å²) in [5.74, 6) is 1.76. The second-order valence-electron chi connectivity index (χ2n) is 3.60. The molecule has 1 rings (SSSR count). The Balaban J connectivity index is 2.52. The van der Waals surface area contributed by atoms with Gasteiger partial charge in [-0.1, -0.05) is 0 Å². The van der Waals surface area contributed by atoms with E-state index in [9.17, 15) is 5.11 Å². The average Bonchev–Trinajstić information content (AvgIpc) is 2.61. The molecule has 1 unspecified atom stereocenters. The second-order valence-corrected chi connectivity index (χ2v) is 4.62. The fraction of sp³-hybridized carbons (Fsp3) is 0.600. The Kier molecular flexibility index (Phi) is 4.04. The van der Waals surface area contributed by atoms with E-state index in [4.69, 9.17) is 4.42 Å². The third-order valence-electron chi connectivity index (χ3n) is 2.31. The Morgan fingerprint density at radius 1 is 1.64 bits per heavy atom. The van der Waals surface area contributed by atoms with Crippen molar-refractivity contribution in [3.05, 3.63) is 18.1 Å². The minimum absolute atomic E-state index is 0.132. The molecule has 0 aliphatic carbocycles. The van der Waals surface area contributed by atoms with E-state index in [2.05, 4.69) is 5.32 Å². The summed E-state index contributed by atoms with van der Waals surface area (Å²) >= 11 is 1.69. The lowest BCUT2D eigenvalue weighted by molar-refractivity contribution is 0.200. The number of hydrogen-bond acceptors (Lipinski definition) is 4. The van der Waals surface area contributed by atoms with Crippen molar-refractivity contribution in [2.24, 2.45) is 0 Å². The summed E-state index contributed by atoms with van der Waals surface area (Å²) in [5, 5.41) is 12.3. The molecule has 0 amide bonds. The number of rotatable bonds is 5. The highest BCUT2D eigenvalue weighted by molar-refractivity contribution is 7.99. The molecule has 0 fully saturated rings. The Hall–Kier alpha value is -0.450. The summed E-state index contributed by atoms with van der Waals surface area (Å²) in [6, 6.07) is 1.95. The van der Waals surface area contributed by atoms with Gasteiger partial charge in [0.1, 0.15) is 5.76 Å². The summed E-state index contributed by atoms with van der Waals surface area (Å²) < 4.78 is 5.19. The van der Waals surface area contributed by atoms with Crippen LogP contribution in [0.2, 0.25) is 0 Å². The molecule has 14 heavy (non-hydrogen) atoms. The van der Waals surface area contributed by atoms with Gasteiger partial charge in [0, 0.05) is 16.2 Å². The number of aliphatic hydroxyl groups excluding tert-OH is 1. The van der Waals surface area contributed by atoms with Crippen LogP contribution in [0.25, 0.3) is 0 Å². The maximum absolute atomic E-state index is 9.18. The Bertz CT molecular complexity index is 281. The van der Waals surface area contributed by atoms with E-state index >= 15 is 0 Å². The van der Waals surface area contributed by atoms with Crippen LogP contribution in [0.3, 0.4) is 0 Å². The first-order chi connectivity index (χ1) is 6.61. The van der Waals surface area contributed by atoms with Crippen LogP contribution in [-0.2, 0) is 0 Å². The topological polar surface area (TPSA) is 45.4 Å². The van der Waals surface area contributed by atoms with Crippen molar-refractivity contribution < 1.29 is 9.52 Å². The van der Waals surface area contributed by atoms with E-state index in [1.54, 1.807) is 18.0 Å². The zero-order valence-electron chi connectivity index (χ0n) is 8.83. The first-order valence-corrected chi connectivity index (χ1v) is 5.56. The maximum Gasteiger partial charge on any atom is 0.114 e. The summed E-state index contributed by atoms with van der Waals surface area (Å²) in [5.41, 5.74) is -0.228. The van der Waals surface area contributed by atoms with Gasteiger partial charge in [-0.3, -0.25) is 0 Å². The highest BCUT2D eigenvalue weighted by Gasteiger charge is 2.21. The third kappa shape index (κ3) is 2.77. The molecular formula is C10H17NO2S. The van der Waals surface area contributed by atoms with Crippen molar-refractivity contribution in [3.63, 3.8) is 0 Å². The molecule has 0 bridgehead atoms. The molecule has 0 aromatic carbocycles. The fourth-order valence-corrected chi connectivity index (χ4v) is 2.07. The van der Waals surface area contributed by atoms with Gasteiger partial charge in [-0.05, 0) is 27.0 Å². The van der Waals surface area contributed by atoms with Gasteiger partial charge in [-0.25, -0.2) is 0 Å². The molecule has 1 atom stereocenters. The maximum atomic E-state index is 9.18. The highest BCUT2D eigenvalue weighted by Crippen LogP contribution is 2.26. The summed E-state index contributed by atoms with van der Waals surface area (Å²) in [6.07, 6.45) is 1.69. The van der Waals surface area contributed by atoms with Crippen molar-refractivity contribution in [1.29, 1.82) is 0 Å². The molecule has 0 saturated carbocycles. The number of thioether (sulfide) groups is 1. The minimum Gasteiger partial charge on any atom is -0.468 e. The Labute approximate surface area is 88.9 Å². The minimum atomic E-state index is -0.228. The van der Waals surface area contributed by atoms with Gasteiger partial charge in [0.05, 0.1) is 12.9 Å². The molecular weight excluding hydrogens is 198 g/mol. The molecule has 3 nitrogen and oxygen atoms in total. The molecule has 2 N–H and O–H groups in total. The van der Waals surface area contributed by atoms with Gasteiger partial charge >= 0.3 is 0 Å². The van der Waals surface area contributed by atoms with Gasteiger partial charge in [0.2, 0.25) is 0 Å². The van der Waals surface area contributed by atoms with Gasteiger partial charge in [0.15, 0.2) is 0 Å². The first-order valence-electron chi connectivity index (χ1n) is 4.58. The predicted octanol–water partition coefficient (Wildman–Crippen LogP) is 1.65. The molecule has 1 aromatic heterocycles. The molecule has 1 heterocycles. The predicted molar refractivity (Wildman–Crippen MR) is 58.7 cm³/mol. The summed E-state index contributed by atoms with van der Waals surface area (Å²) in [4.78, 5) is 1.14. The van der Waals surface area contributed by atoms with Crippen molar-refractivity contribution in [3.8, 4) is 0 Å². The molecule has 0 saturated heterocycles. The van der Waals surface area contributed by atoms with Crippen molar-refractivity contribution >= 4 is 11.8 Å². The van der Waals surface area contributed by atoms with E-state index in [-0.39, 0.29) is 12.1 Å². The fourth-order valence-electron chi connectivity index (χ4n) is 0.957. The van der Waals surface area contributed by atoms with Crippen molar-refractivity contribution in [2.75, 3.05) is 19.4 Å². The van der Waals surface area contributed by atoms with Crippen LogP contribution in [0.15, 0.2) is 21.6 Å². The molecule has 0 radical (unpaired) electrons. The van der Waals surface area contributed by atoms with Crippen LogP contribution in [0, 0.1) is 6.92 Å². The zero-order valence-corrected chi connectivity index (χ0v) is 9.65. The number of nitrogens with one attached hydrogen (secondary N) is 1. The van der Waals surface area contributed by atoms with Gasteiger partial charge in [-0.15, -0.1) is 11.8 Å². The Morgan fingerprint density at radius 3 is 2.79 bits per heavy atom. The van der Waals surface area contributed by atoms with E-state index in [1.807, 2.05) is 27.0 Å². The molecule has 0 aliphatic rings. The second kappa shape index (κ2) is 4.87. The zero-order chi connectivity index (χ0) is 10.6. The Morgan fingerprint density at radius 2 is 2.36 bits per heavy atom. The monoisotopic (exact) mass is 215 g/mol. The molecule has 80 valence electrons. The average molecular weight is 215 g/mol. The molecule has 1 aromatic rings. The number of aryl methyl sites for hydroxylation is 1.